The van der Waals surface area contributed by atoms with Gasteiger partial charge >= 0.3 is 6.18 Å². The number of halogens is 4. The van der Waals surface area contributed by atoms with Crippen LogP contribution in [0.15, 0.2) is 18.2 Å². The van der Waals surface area contributed by atoms with Crippen LogP contribution in [0.2, 0.25) is 0 Å². The molecule has 1 unspecified atom stereocenters. The molecular formula is C11H8F4O. The predicted octanol–water partition coefficient (Wildman–Crippen LogP) is 2.90. The number of hydrogen-bond donors (Lipinski definition) is 1. The first-order chi connectivity index (χ1) is 7.36. The second-order valence-electron chi connectivity index (χ2n) is 3.16. The van der Waals surface area contributed by atoms with Crippen molar-refractivity contribution in [2.45, 2.75) is 18.7 Å². The molecule has 0 radical (unpaired) electrons. The number of rotatable bonds is 2. The Bertz CT molecular complexity index is 417. The summed E-state index contributed by atoms with van der Waals surface area (Å²) >= 11 is 0. The average Bonchev–Trinajstić information content (AvgIpc) is 2.16. The summed E-state index contributed by atoms with van der Waals surface area (Å²) in [7, 11) is 0. The third-order valence-corrected chi connectivity index (χ3v) is 2.00. The van der Waals surface area contributed by atoms with Gasteiger partial charge in [-0.1, -0.05) is 6.07 Å². The standard InChI is InChI=1S/C11H8F4O/c1-2-3-10(16)8-5-4-7(6-9(8)12)11(13,14)15/h1,4-6,10,16H,3H2. The van der Waals surface area contributed by atoms with Crippen LogP contribution >= 0.6 is 0 Å². The van der Waals surface area contributed by atoms with Gasteiger partial charge in [0.25, 0.3) is 0 Å². The lowest BCUT2D eigenvalue weighted by molar-refractivity contribution is -0.137. The first-order valence-electron chi connectivity index (χ1n) is 4.34. The molecule has 0 saturated carbocycles. The topological polar surface area (TPSA) is 20.2 Å². The van der Waals surface area contributed by atoms with Crippen LogP contribution in [0.3, 0.4) is 0 Å². The Labute approximate surface area is 89.7 Å². The molecule has 5 heteroatoms. The van der Waals surface area contributed by atoms with Crippen molar-refractivity contribution in [2.75, 3.05) is 0 Å². The summed E-state index contributed by atoms with van der Waals surface area (Å²) in [5, 5.41) is 9.33. The van der Waals surface area contributed by atoms with Crippen LogP contribution in [0.5, 0.6) is 0 Å². The zero-order chi connectivity index (χ0) is 12.3. The van der Waals surface area contributed by atoms with Crippen LogP contribution in [0.4, 0.5) is 17.6 Å². The van der Waals surface area contributed by atoms with Crippen LogP contribution in [-0.4, -0.2) is 5.11 Å². The lowest BCUT2D eigenvalue weighted by Crippen LogP contribution is -2.07. The van der Waals surface area contributed by atoms with Gasteiger partial charge in [0, 0.05) is 12.0 Å². The third kappa shape index (κ3) is 2.74. The number of benzene rings is 1. The molecule has 0 aromatic heterocycles. The molecule has 0 fully saturated rings. The largest absolute Gasteiger partial charge is 0.416 e. The van der Waals surface area contributed by atoms with E-state index in [0.29, 0.717) is 12.1 Å². The van der Waals surface area contributed by atoms with E-state index < -0.39 is 23.7 Å². The van der Waals surface area contributed by atoms with Crippen molar-refractivity contribution in [2.24, 2.45) is 0 Å². The Hall–Kier alpha value is -1.54. The van der Waals surface area contributed by atoms with Crippen molar-refractivity contribution in [3.8, 4) is 12.3 Å². The number of terminal acetylenes is 1. The summed E-state index contributed by atoms with van der Waals surface area (Å²) < 4.78 is 49.8. The highest BCUT2D eigenvalue weighted by Gasteiger charge is 2.31. The van der Waals surface area contributed by atoms with Crippen molar-refractivity contribution >= 4 is 0 Å². The maximum absolute atomic E-state index is 13.2. The van der Waals surface area contributed by atoms with Crippen molar-refractivity contribution in [3.63, 3.8) is 0 Å². The van der Waals surface area contributed by atoms with E-state index in [1.165, 1.54) is 0 Å². The van der Waals surface area contributed by atoms with Gasteiger partial charge in [0.1, 0.15) is 5.82 Å². The fourth-order valence-corrected chi connectivity index (χ4v) is 1.20. The number of aliphatic hydroxyl groups excluding tert-OH is 1. The third-order valence-electron chi connectivity index (χ3n) is 2.00. The fraction of sp³-hybridized carbons (Fsp3) is 0.273. The van der Waals surface area contributed by atoms with Gasteiger partial charge in [0.05, 0.1) is 11.7 Å². The molecule has 1 N–H and O–H groups in total. The predicted molar refractivity (Wildman–Crippen MR) is 49.8 cm³/mol. The second kappa shape index (κ2) is 4.54. The second-order valence-corrected chi connectivity index (χ2v) is 3.16. The minimum absolute atomic E-state index is 0.151. The van der Waals surface area contributed by atoms with Crippen molar-refractivity contribution in [3.05, 3.63) is 35.1 Å². The number of aliphatic hydroxyl groups is 1. The molecular weight excluding hydrogens is 224 g/mol. The van der Waals surface area contributed by atoms with E-state index in [2.05, 4.69) is 5.92 Å². The maximum atomic E-state index is 13.2. The molecule has 16 heavy (non-hydrogen) atoms. The molecule has 0 saturated heterocycles. The van der Waals surface area contributed by atoms with Gasteiger partial charge in [-0.3, -0.25) is 0 Å². The van der Waals surface area contributed by atoms with Gasteiger partial charge in [-0.15, -0.1) is 12.3 Å². The Morgan fingerprint density at radius 2 is 2.00 bits per heavy atom. The molecule has 1 aromatic carbocycles. The lowest BCUT2D eigenvalue weighted by Gasteiger charge is -2.11. The van der Waals surface area contributed by atoms with Crippen molar-refractivity contribution in [1.29, 1.82) is 0 Å². The quantitative estimate of drug-likeness (QED) is 0.614. The molecule has 0 heterocycles. The molecule has 86 valence electrons. The van der Waals surface area contributed by atoms with E-state index in [1.807, 2.05) is 0 Å². The zero-order valence-corrected chi connectivity index (χ0v) is 8.05. The van der Waals surface area contributed by atoms with Crippen molar-refractivity contribution in [1.82, 2.24) is 0 Å². The highest BCUT2D eigenvalue weighted by molar-refractivity contribution is 5.28. The number of hydrogen-bond acceptors (Lipinski definition) is 1. The van der Waals surface area contributed by atoms with E-state index in [1.54, 1.807) is 0 Å². The Morgan fingerprint density at radius 1 is 1.38 bits per heavy atom. The fourth-order valence-electron chi connectivity index (χ4n) is 1.20. The summed E-state index contributed by atoms with van der Waals surface area (Å²) in [6.07, 6.45) is -1.13. The highest BCUT2D eigenvalue weighted by atomic mass is 19.4. The summed E-state index contributed by atoms with van der Waals surface area (Å²) in [5.41, 5.74) is -1.33. The van der Waals surface area contributed by atoms with Gasteiger partial charge in [-0.05, 0) is 12.1 Å². The minimum Gasteiger partial charge on any atom is -0.387 e. The average molecular weight is 232 g/mol. The molecule has 1 rings (SSSR count). The molecule has 0 bridgehead atoms. The molecule has 0 aliphatic rings. The molecule has 1 atom stereocenters. The van der Waals surface area contributed by atoms with E-state index in [9.17, 15) is 22.7 Å². The number of alkyl halides is 3. The first kappa shape index (κ1) is 12.5. The maximum Gasteiger partial charge on any atom is 0.416 e. The van der Waals surface area contributed by atoms with Crippen LogP contribution in [0.1, 0.15) is 23.7 Å². The molecule has 1 aromatic rings. The molecule has 0 amide bonds. The minimum atomic E-state index is -4.60. The highest BCUT2D eigenvalue weighted by Crippen LogP contribution is 2.31. The first-order valence-corrected chi connectivity index (χ1v) is 4.34. The van der Waals surface area contributed by atoms with Crippen LogP contribution in [0, 0.1) is 18.2 Å². The Kier molecular flexibility index (Phi) is 3.55. The zero-order valence-electron chi connectivity index (χ0n) is 8.05. The van der Waals surface area contributed by atoms with Crippen LogP contribution in [-0.2, 0) is 6.18 Å². The summed E-state index contributed by atoms with van der Waals surface area (Å²) in [6.45, 7) is 0. The SMILES string of the molecule is C#CCC(O)c1ccc(C(F)(F)F)cc1F. The summed E-state index contributed by atoms with van der Waals surface area (Å²) in [4.78, 5) is 0. The van der Waals surface area contributed by atoms with Gasteiger partial charge in [-0.25, -0.2) is 4.39 Å². The molecule has 1 nitrogen and oxygen atoms in total. The van der Waals surface area contributed by atoms with E-state index in [0.717, 1.165) is 6.07 Å². The van der Waals surface area contributed by atoms with Crippen LogP contribution in [0.25, 0.3) is 0 Å². The van der Waals surface area contributed by atoms with Gasteiger partial charge in [0.2, 0.25) is 0 Å². The Morgan fingerprint density at radius 3 is 2.44 bits per heavy atom. The van der Waals surface area contributed by atoms with Crippen LogP contribution < -0.4 is 0 Å². The van der Waals surface area contributed by atoms with E-state index >= 15 is 0 Å². The normalized spacial score (nSPS) is 13.2. The van der Waals surface area contributed by atoms with Gasteiger partial charge < -0.3 is 5.11 Å². The summed E-state index contributed by atoms with van der Waals surface area (Å²) in [6, 6.07) is 1.94. The van der Waals surface area contributed by atoms with E-state index in [-0.39, 0.29) is 12.0 Å². The summed E-state index contributed by atoms with van der Waals surface area (Å²) in [5.74, 6) is 0.986. The van der Waals surface area contributed by atoms with Gasteiger partial charge in [0.15, 0.2) is 0 Å². The molecule has 0 spiro atoms. The van der Waals surface area contributed by atoms with Crippen molar-refractivity contribution < 1.29 is 22.7 Å². The Balaban J connectivity index is 3.06. The van der Waals surface area contributed by atoms with Gasteiger partial charge in [-0.2, -0.15) is 13.2 Å². The monoisotopic (exact) mass is 232 g/mol. The molecule has 0 aliphatic carbocycles. The molecule has 0 aliphatic heterocycles. The van der Waals surface area contributed by atoms with E-state index in [4.69, 9.17) is 6.42 Å². The lowest BCUT2D eigenvalue weighted by atomic mass is 10.0. The smallest absolute Gasteiger partial charge is 0.387 e.